The number of hydrogen-bond acceptors (Lipinski definition) is 6. The molecule has 0 bridgehead atoms. The zero-order valence-corrected chi connectivity index (χ0v) is 24.1. The Labute approximate surface area is 239 Å². The summed E-state index contributed by atoms with van der Waals surface area (Å²) in [7, 11) is 0. The van der Waals surface area contributed by atoms with Crippen LogP contribution in [0.15, 0.2) is 71.2 Å². The number of carbonyl (C=O) groups excluding carboxylic acids is 2. The average molecular weight is 594 g/mol. The first kappa shape index (κ1) is 29.0. The molecule has 3 aromatic carbocycles. The van der Waals surface area contributed by atoms with E-state index in [0.29, 0.717) is 24.2 Å². The third-order valence-corrected chi connectivity index (χ3v) is 7.79. The molecule has 0 amide bonds. The van der Waals surface area contributed by atoms with Crippen molar-refractivity contribution >= 4 is 33.4 Å². The molecule has 0 radical (unpaired) electrons. The monoisotopic (exact) mass is 592 g/mol. The number of esters is 1. The highest BCUT2D eigenvalue weighted by molar-refractivity contribution is 9.10. The minimum absolute atomic E-state index is 0.0672. The van der Waals surface area contributed by atoms with Gasteiger partial charge < -0.3 is 15.2 Å². The average Bonchev–Trinajstić information content (AvgIpc) is 2.96. The smallest absolute Gasteiger partial charge is 0.313 e. The zero-order chi connectivity index (χ0) is 27.6. The highest BCUT2D eigenvalue weighted by Crippen LogP contribution is 2.28. The van der Waals surface area contributed by atoms with Gasteiger partial charge >= 0.3 is 5.97 Å². The van der Waals surface area contributed by atoms with Crippen LogP contribution in [0.4, 0.5) is 5.69 Å². The van der Waals surface area contributed by atoms with Gasteiger partial charge in [-0.15, -0.1) is 0 Å². The van der Waals surface area contributed by atoms with Gasteiger partial charge in [0.25, 0.3) is 0 Å². The molecule has 0 aromatic heterocycles. The van der Waals surface area contributed by atoms with E-state index in [9.17, 15) is 9.59 Å². The van der Waals surface area contributed by atoms with Crippen LogP contribution in [0.5, 0.6) is 0 Å². The van der Waals surface area contributed by atoms with Gasteiger partial charge in [-0.1, -0.05) is 67.9 Å². The van der Waals surface area contributed by atoms with Crippen molar-refractivity contribution in [1.29, 1.82) is 0 Å². The van der Waals surface area contributed by atoms with Crippen LogP contribution in [0, 0.1) is 0 Å². The number of carbonyl (C=O) groups is 2. The number of hydrogen-bond donors (Lipinski definition) is 1. The Morgan fingerprint density at radius 1 is 0.949 bits per heavy atom. The quantitative estimate of drug-likeness (QED) is 0.112. The number of likely N-dealkylation sites (tertiary alicyclic amines) is 1. The van der Waals surface area contributed by atoms with Crippen molar-refractivity contribution in [3.8, 4) is 0 Å². The molecule has 1 heterocycles. The predicted molar refractivity (Wildman–Crippen MR) is 158 cm³/mol. The molecule has 3 aromatic rings. The fraction of sp³-hybridized carbons (Fsp3) is 0.375. The molecule has 2 N–H and O–H groups in total. The first-order valence-electron chi connectivity index (χ1n) is 13.7. The fourth-order valence-corrected chi connectivity index (χ4v) is 5.54. The Balaban J connectivity index is 1.28. The number of piperidine rings is 1. The molecule has 1 saturated heterocycles. The molecule has 0 saturated carbocycles. The number of rotatable bonds is 12. The molecule has 6 nitrogen and oxygen atoms in total. The highest BCUT2D eigenvalue weighted by atomic mass is 79.9. The van der Waals surface area contributed by atoms with E-state index in [0.717, 1.165) is 46.5 Å². The second-order valence-electron chi connectivity index (χ2n) is 9.99. The molecule has 1 atom stereocenters. The summed E-state index contributed by atoms with van der Waals surface area (Å²) in [6, 6.07) is 20.5. The Morgan fingerprint density at radius 3 is 2.44 bits per heavy atom. The van der Waals surface area contributed by atoms with Crippen molar-refractivity contribution in [3.05, 3.63) is 99.0 Å². The van der Waals surface area contributed by atoms with Crippen LogP contribution in [0.1, 0.15) is 71.1 Å². The van der Waals surface area contributed by atoms with Gasteiger partial charge in [-0.3, -0.25) is 14.5 Å². The lowest BCUT2D eigenvalue weighted by Crippen LogP contribution is -2.29. The highest BCUT2D eigenvalue weighted by Gasteiger charge is 2.22. The summed E-state index contributed by atoms with van der Waals surface area (Å²) in [4.78, 5) is 28.2. The lowest BCUT2D eigenvalue weighted by atomic mass is 9.93. The first-order valence-corrected chi connectivity index (χ1v) is 14.5. The Hall–Kier alpha value is -3.00. The first-order chi connectivity index (χ1) is 19.0. The predicted octanol–water partition coefficient (Wildman–Crippen LogP) is 6.50. The van der Waals surface area contributed by atoms with Crippen molar-refractivity contribution < 1.29 is 19.1 Å². The molecule has 206 valence electrons. The largest absolute Gasteiger partial charge is 0.463 e. The topological polar surface area (TPSA) is 81.9 Å². The second kappa shape index (κ2) is 14.4. The summed E-state index contributed by atoms with van der Waals surface area (Å²) in [6.07, 6.45) is 4.34. The molecule has 1 aliphatic rings. The van der Waals surface area contributed by atoms with Crippen molar-refractivity contribution in [2.45, 2.75) is 51.7 Å². The molecule has 0 aliphatic carbocycles. The third-order valence-electron chi connectivity index (χ3n) is 7.14. The van der Waals surface area contributed by atoms with Crippen LogP contribution in [0.2, 0.25) is 0 Å². The maximum atomic E-state index is 12.9. The van der Waals surface area contributed by atoms with Crippen molar-refractivity contribution in [2.24, 2.45) is 0 Å². The summed E-state index contributed by atoms with van der Waals surface area (Å²) in [5, 5.41) is 0. The zero-order valence-electron chi connectivity index (χ0n) is 22.5. The summed E-state index contributed by atoms with van der Waals surface area (Å²) in [5.74, 6) is -0.828. The van der Waals surface area contributed by atoms with E-state index in [2.05, 4.69) is 26.9 Å². The van der Waals surface area contributed by atoms with E-state index in [1.54, 1.807) is 24.3 Å². The standard InChI is InChI=1S/C32H37BrN2O4/c1-2-28(25-12-9-13-26(20-25)31(36)24-10-5-3-6-11-24)32(37)39-17-16-38-22-23-18-27(30(34)29(33)19-23)21-35-14-7-4-8-15-35/h3,5-6,9-13,18-20,28H,2,4,7-8,14-17,21-22,34H2,1H3. The molecule has 0 spiro atoms. The third kappa shape index (κ3) is 8.01. The summed E-state index contributed by atoms with van der Waals surface area (Å²) < 4.78 is 12.3. The number of nitrogen functional groups attached to an aromatic ring is 1. The number of anilines is 1. The number of ketones is 1. The second-order valence-corrected chi connectivity index (χ2v) is 10.8. The van der Waals surface area contributed by atoms with E-state index in [4.69, 9.17) is 15.2 Å². The SMILES string of the molecule is CCC(C(=O)OCCOCc1cc(Br)c(N)c(CN2CCCCC2)c1)c1cccc(C(=O)c2ccccc2)c1. The van der Waals surface area contributed by atoms with Crippen LogP contribution in [0.3, 0.4) is 0 Å². The lowest BCUT2D eigenvalue weighted by Gasteiger charge is -2.27. The fourth-order valence-electron chi connectivity index (χ4n) is 4.99. The van der Waals surface area contributed by atoms with Gasteiger partial charge in [0.15, 0.2) is 5.78 Å². The molecular formula is C32H37BrN2O4. The Bertz CT molecular complexity index is 1260. The molecule has 1 fully saturated rings. The van der Waals surface area contributed by atoms with Gasteiger partial charge in [0.05, 0.1) is 24.8 Å². The van der Waals surface area contributed by atoms with E-state index in [1.807, 2.05) is 43.3 Å². The molecule has 7 heteroatoms. The number of nitrogens with two attached hydrogens (primary N) is 1. The number of halogens is 1. The minimum Gasteiger partial charge on any atom is -0.463 e. The van der Waals surface area contributed by atoms with E-state index >= 15 is 0 Å². The summed E-state index contributed by atoms with van der Waals surface area (Å²) >= 11 is 3.59. The summed E-state index contributed by atoms with van der Waals surface area (Å²) in [6.45, 7) is 5.85. The van der Waals surface area contributed by atoms with Crippen molar-refractivity contribution in [2.75, 3.05) is 32.0 Å². The molecule has 1 aliphatic heterocycles. The van der Waals surface area contributed by atoms with Crippen molar-refractivity contribution in [1.82, 2.24) is 4.90 Å². The van der Waals surface area contributed by atoms with E-state index < -0.39 is 5.92 Å². The van der Waals surface area contributed by atoms with Gasteiger partial charge in [-0.25, -0.2) is 0 Å². The van der Waals surface area contributed by atoms with Gasteiger partial charge in [-0.05, 0) is 77.1 Å². The van der Waals surface area contributed by atoms with E-state index in [1.165, 1.54) is 19.3 Å². The Kier molecular flexibility index (Phi) is 10.7. The van der Waals surface area contributed by atoms with Crippen LogP contribution >= 0.6 is 15.9 Å². The normalized spacial score (nSPS) is 14.6. The number of nitrogens with zero attached hydrogens (tertiary/aromatic N) is 1. The molecule has 39 heavy (non-hydrogen) atoms. The molecule has 4 rings (SSSR count). The maximum absolute atomic E-state index is 12.9. The van der Waals surface area contributed by atoms with Gasteiger partial charge in [0, 0.05) is 22.1 Å². The number of benzene rings is 3. The van der Waals surface area contributed by atoms with Gasteiger partial charge in [0.2, 0.25) is 0 Å². The lowest BCUT2D eigenvalue weighted by molar-refractivity contribution is -0.147. The molecular weight excluding hydrogens is 556 g/mol. The maximum Gasteiger partial charge on any atom is 0.313 e. The van der Waals surface area contributed by atoms with Crippen LogP contribution in [-0.2, 0) is 27.4 Å². The summed E-state index contributed by atoms with van der Waals surface area (Å²) in [5.41, 5.74) is 11.2. The van der Waals surface area contributed by atoms with E-state index in [-0.39, 0.29) is 25.0 Å². The van der Waals surface area contributed by atoms with Crippen LogP contribution in [0.25, 0.3) is 0 Å². The van der Waals surface area contributed by atoms with Crippen LogP contribution in [-0.4, -0.2) is 43.0 Å². The Morgan fingerprint density at radius 2 is 1.69 bits per heavy atom. The minimum atomic E-state index is -0.445. The van der Waals surface area contributed by atoms with Crippen LogP contribution < -0.4 is 5.73 Å². The molecule has 1 unspecified atom stereocenters. The van der Waals surface area contributed by atoms with Gasteiger partial charge in [0.1, 0.15) is 6.61 Å². The van der Waals surface area contributed by atoms with Gasteiger partial charge in [-0.2, -0.15) is 0 Å². The van der Waals surface area contributed by atoms with Crippen molar-refractivity contribution in [3.63, 3.8) is 0 Å². The number of ether oxygens (including phenoxy) is 2.